The number of rotatable bonds is 6. The molecule has 3 rings (SSSR count). The van der Waals surface area contributed by atoms with Crippen molar-refractivity contribution in [2.75, 3.05) is 0 Å². The van der Waals surface area contributed by atoms with Crippen LogP contribution in [-0.4, -0.2) is 26.3 Å². The average molecular weight is 422 g/mol. The molecular formula is C18H17BrFN3O3. The Labute approximate surface area is 158 Å². The first-order valence-corrected chi connectivity index (χ1v) is 8.81. The van der Waals surface area contributed by atoms with Gasteiger partial charge in [0.1, 0.15) is 5.75 Å². The molecule has 2 atom stereocenters. The molecule has 136 valence electrons. The van der Waals surface area contributed by atoms with Crippen molar-refractivity contribution in [2.45, 2.75) is 26.4 Å². The highest BCUT2D eigenvalue weighted by Crippen LogP contribution is 2.26. The van der Waals surface area contributed by atoms with Crippen LogP contribution in [0.3, 0.4) is 0 Å². The predicted molar refractivity (Wildman–Crippen MR) is 96.3 cm³/mol. The topological polar surface area (TPSA) is 81.3 Å². The SMILES string of the molecule is CC(O)[C@@H](C)Cc1nc(-c2ccc(Oc3ncc(Br)cc3F)cc2)no1. The summed E-state index contributed by atoms with van der Waals surface area (Å²) in [6, 6.07) is 8.13. The van der Waals surface area contributed by atoms with Gasteiger partial charge in [0.05, 0.1) is 6.10 Å². The molecule has 0 amide bonds. The summed E-state index contributed by atoms with van der Waals surface area (Å²) in [4.78, 5) is 8.23. The Balaban J connectivity index is 1.70. The molecule has 26 heavy (non-hydrogen) atoms. The van der Waals surface area contributed by atoms with Crippen LogP contribution in [-0.2, 0) is 6.42 Å². The van der Waals surface area contributed by atoms with Gasteiger partial charge in [-0.1, -0.05) is 12.1 Å². The van der Waals surface area contributed by atoms with Gasteiger partial charge in [-0.15, -0.1) is 0 Å². The maximum atomic E-state index is 13.8. The van der Waals surface area contributed by atoms with Gasteiger partial charge in [0, 0.05) is 22.7 Å². The Kier molecular flexibility index (Phi) is 5.63. The van der Waals surface area contributed by atoms with E-state index in [-0.39, 0.29) is 11.8 Å². The van der Waals surface area contributed by atoms with E-state index in [1.54, 1.807) is 31.2 Å². The van der Waals surface area contributed by atoms with Crippen LogP contribution >= 0.6 is 15.9 Å². The normalized spacial score (nSPS) is 13.4. The Hall–Kier alpha value is -2.32. The maximum absolute atomic E-state index is 13.8. The Bertz CT molecular complexity index is 884. The van der Waals surface area contributed by atoms with E-state index < -0.39 is 11.9 Å². The average Bonchev–Trinajstić information content (AvgIpc) is 3.06. The van der Waals surface area contributed by atoms with Gasteiger partial charge in [-0.25, -0.2) is 9.37 Å². The number of nitrogens with zero attached hydrogens (tertiary/aromatic N) is 3. The van der Waals surface area contributed by atoms with Crippen LogP contribution in [0.2, 0.25) is 0 Å². The van der Waals surface area contributed by atoms with Crippen LogP contribution in [0.25, 0.3) is 11.4 Å². The number of aromatic nitrogens is 3. The first-order chi connectivity index (χ1) is 12.4. The third-order valence-electron chi connectivity index (χ3n) is 3.89. The molecule has 1 unspecified atom stereocenters. The molecule has 8 heteroatoms. The van der Waals surface area contributed by atoms with Gasteiger partial charge in [-0.3, -0.25) is 0 Å². The fraction of sp³-hybridized carbons (Fsp3) is 0.278. The standard InChI is InChI=1S/C18H17BrFN3O3/c1-10(11(2)24)7-16-22-17(23-26-16)12-3-5-14(6-4-12)25-18-15(20)8-13(19)9-21-18/h3-6,8-11,24H,7H2,1-2H3/t10-,11?/m0/s1. The van der Waals surface area contributed by atoms with Gasteiger partial charge in [0.15, 0.2) is 5.82 Å². The van der Waals surface area contributed by atoms with Crippen LogP contribution in [0.5, 0.6) is 11.6 Å². The maximum Gasteiger partial charge on any atom is 0.255 e. The van der Waals surface area contributed by atoms with Gasteiger partial charge in [-0.2, -0.15) is 4.98 Å². The molecule has 0 saturated heterocycles. The van der Waals surface area contributed by atoms with Crippen molar-refractivity contribution in [1.82, 2.24) is 15.1 Å². The van der Waals surface area contributed by atoms with Crippen LogP contribution in [0.1, 0.15) is 19.7 Å². The number of aliphatic hydroxyl groups excluding tert-OH is 1. The van der Waals surface area contributed by atoms with Crippen LogP contribution in [0, 0.1) is 11.7 Å². The van der Waals surface area contributed by atoms with E-state index in [2.05, 4.69) is 31.1 Å². The van der Waals surface area contributed by atoms with Crippen molar-refractivity contribution in [2.24, 2.45) is 5.92 Å². The highest BCUT2D eigenvalue weighted by atomic mass is 79.9. The van der Waals surface area contributed by atoms with Crippen molar-refractivity contribution >= 4 is 15.9 Å². The van der Waals surface area contributed by atoms with Crippen LogP contribution in [0.15, 0.2) is 45.5 Å². The van der Waals surface area contributed by atoms with E-state index in [1.165, 1.54) is 12.3 Å². The van der Waals surface area contributed by atoms with E-state index in [9.17, 15) is 9.50 Å². The molecule has 0 aliphatic rings. The van der Waals surface area contributed by atoms with Crippen molar-refractivity contribution in [3.63, 3.8) is 0 Å². The number of hydrogen-bond acceptors (Lipinski definition) is 6. The highest BCUT2D eigenvalue weighted by molar-refractivity contribution is 9.10. The molecule has 0 aliphatic heterocycles. The zero-order valence-corrected chi connectivity index (χ0v) is 15.8. The largest absolute Gasteiger partial charge is 0.436 e. The van der Waals surface area contributed by atoms with Crippen molar-refractivity contribution in [3.05, 3.63) is 52.7 Å². The lowest BCUT2D eigenvalue weighted by atomic mass is 10.0. The smallest absolute Gasteiger partial charge is 0.255 e. The summed E-state index contributed by atoms with van der Waals surface area (Å²) < 4.78 is 25.0. The molecule has 3 aromatic rings. The minimum atomic E-state index is -0.557. The molecule has 6 nitrogen and oxygen atoms in total. The van der Waals surface area contributed by atoms with E-state index in [0.717, 1.165) is 5.56 Å². The van der Waals surface area contributed by atoms with E-state index in [1.807, 2.05) is 6.92 Å². The van der Waals surface area contributed by atoms with Crippen LogP contribution in [0.4, 0.5) is 4.39 Å². The number of pyridine rings is 1. The van der Waals surface area contributed by atoms with Gasteiger partial charge in [-0.05, 0) is 59.1 Å². The third-order valence-corrected chi connectivity index (χ3v) is 4.32. The second kappa shape index (κ2) is 7.92. The molecule has 1 aromatic carbocycles. The summed E-state index contributed by atoms with van der Waals surface area (Å²) in [5, 5.41) is 13.5. The third kappa shape index (κ3) is 4.44. The fourth-order valence-corrected chi connectivity index (χ4v) is 2.47. The number of halogens is 2. The van der Waals surface area contributed by atoms with E-state index >= 15 is 0 Å². The molecular weight excluding hydrogens is 405 g/mol. The van der Waals surface area contributed by atoms with Gasteiger partial charge in [0.25, 0.3) is 5.88 Å². The van der Waals surface area contributed by atoms with Gasteiger partial charge < -0.3 is 14.4 Å². The molecule has 0 spiro atoms. The lowest BCUT2D eigenvalue weighted by molar-refractivity contribution is 0.129. The van der Waals surface area contributed by atoms with Crippen molar-refractivity contribution < 1.29 is 18.8 Å². The van der Waals surface area contributed by atoms with Gasteiger partial charge >= 0.3 is 0 Å². The molecule has 2 heterocycles. The molecule has 0 saturated carbocycles. The Morgan fingerprint density at radius 2 is 2.00 bits per heavy atom. The lowest BCUT2D eigenvalue weighted by Gasteiger charge is -2.10. The second-order valence-electron chi connectivity index (χ2n) is 6.00. The summed E-state index contributed by atoms with van der Waals surface area (Å²) in [6.45, 7) is 3.64. The molecule has 2 aromatic heterocycles. The minimum absolute atomic E-state index is 0.0207. The molecule has 0 radical (unpaired) electrons. The number of hydrogen-bond donors (Lipinski definition) is 1. The van der Waals surface area contributed by atoms with Crippen LogP contribution < -0.4 is 4.74 Å². The molecule has 0 aliphatic carbocycles. The van der Waals surface area contributed by atoms with E-state index in [0.29, 0.717) is 28.4 Å². The number of ether oxygens (including phenoxy) is 1. The predicted octanol–water partition coefficient (Wildman–Crippen LogP) is 4.38. The zero-order valence-electron chi connectivity index (χ0n) is 14.2. The first kappa shape index (κ1) is 18.5. The first-order valence-electron chi connectivity index (χ1n) is 8.02. The summed E-state index contributed by atoms with van der Waals surface area (Å²) in [6.07, 6.45) is 1.51. The lowest BCUT2D eigenvalue weighted by Crippen LogP contribution is -2.15. The molecule has 1 N–H and O–H groups in total. The minimum Gasteiger partial charge on any atom is -0.436 e. The summed E-state index contributed by atoms with van der Waals surface area (Å²) in [7, 11) is 0. The Morgan fingerprint density at radius 3 is 2.65 bits per heavy atom. The van der Waals surface area contributed by atoms with Crippen molar-refractivity contribution in [1.29, 1.82) is 0 Å². The highest BCUT2D eigenvalue weighted by Gasteiger charge is 2.15. The number of benzene rings is 1. The van der Waals surface area contributed by atoms with Gasteiger partial charge in [0.2, 0.25) is 11.7 Å². The van der Waals surface area contributed by atoms with E-state index in [4.69, 9.17) is 9.26 Å². The summed E-state index contributed by atoms with van der Waals surface area (Å²) >= 11 is 3.15. The monoisotopic (exact) mass is 421 g/mol. The Morgan fingerprint density at radius 1 is 1.27 bits per heavy atom. The summed E-state index contributed by atoms with van der Waals surface area (Å²) in [5.41, 5.74) is 0.737. The van der Waals surface area contributed by atoms with Crippen molar-refractivity contribution in [3.8, 4) is 23.0 Å². The quantitative estimate of drug-likeness (QED) is 0.635. The molecule has 0 bridgehead atoms. The molecule has 0 fully saturated rings. The second-order valence-corrected chi connectivity index (χ2v) is 6.92. The fourth-order valence-electron chi connectivity index (χ4n) is 2.16. The summed E-state index contributed by atoms with van der Waals surface area (Å²) in [5.74, 6) is 0.710. The zero-order chi connectivity index (χ0) is 18.7. The number of aliphatic hydroxyl groups is 1.